The van der Waals surface area contributed by atoms with Crippen molar-refractivity contribution in [3.05, 3.63) is 0 Å². The number of carbonyl (C=O) groups is 2. The van der Waals surface area contributed by atoms with Crippen LogP contribution in [0.3, 0.4) is 0 Å². The van der Waals surface area contributed by atoms with Crippen molar-refractivity contribution in [1.82, 2.24) is 4.90 Å². The van der Waals surface area contributed by atoms with Gasteiger partial charge in [0.2, 0.25) is 5.91 Å². The minimum absolute atomic E-state index is 0.290. The van der Waals surface area contributed by atoms with Crippen molar-refractivity contribution in [2.45, 2.75) is 38.1 Å². The summed E-state index contributed by atoms with van der Waals surface area (Å²) in [5, 5.41) is 0. The lowest BCUT2D eigenvalue weighted by Crippen LogP contribution is -2.40. The number of aldehydes is 1. The fourth-order valence-corrected chi connectivity index (χ4v) is 2.08. The molecular formula is C10H18N2O2. The summed E-state index contributed by atoms with van der Waals surface area (Å²) in [6, 6.07) is 0.461. The maximum atomic E-state index is 10.8. The van der Waals surface area contributed by atoms with Gasteiger partial charge in [0.25, 0.3) is 0 Å². The number of nitrogens with two attached hydrogens (primary N) is 1. The Balaban J connectivity index is 2.41. The molecule has 1 aliphatic rings. The molecule has 0 atom stereocenters. The zero-order valence-corrected chi connectivity index (χ0v) is 8.45. The molecule has 0 saturated heterocycles. The van der Waals surface area contributed by atoms with Gasteiger partial charge in [0, 0.05) is 19.0 Å². The lowest BCUT2D eigenvalue weighted by molar-refractivity contribution is -0.120. The molecule has 4 heteroatoms. The molecular weight excluding hydrogens is 180 g/mol. The largest absolute Gasteiger partial charge is 0.369 e. The molecule has 0 aromatic carbocycles. The van der Waals surface area contributed by atoms with Crippen LogP contribution in [0.2, 0.25) is 0 Å². The fourth-order valence-electron chi connectivity index (χ4n) is 2.08. The van der Waals surface area contributed by atoms with E-state index in [0.29, 0.717) is 25.6 Å². The molecule has 80 valence electrons. The Labute approximate surface area is 84.4 Å². The van der Waals surface area contributed by atoms with Crippen LogP contribution in [0.15, 0.2) is 0 Å². The quantitative estimate of drug-likeness (QED) is 0.624. The molecule has 0 bridgehead atoms. The summed E-state index contributed by atoms with van der Waals surface area (Å²) >= 11 is 0. The van der Waals surface area contributed by atoms with E-state index >= 15 is 0 Å². The van der Waals surface area contributed by atoms with Gasteiger partial charge in [-0.25, -0.2) is 0 Å². The summed E-state index contributed by atoms with van der Waals surface area (Å²) in [6.07, 6.45) is 6.09. The first kappa shape index (κ1) is 11.2. The zero-order valence-electron chi connectivity index (χ0n) is 8.45. The molecule has 0 aromatic rings. The lowest BCUT2D eigenvalue weighted by atomic mass is 10.2. The van der Waals surface area contributed by atoms with E-state index in [9.17, 15) is 9.59 Å². The highest BCUT2D eigenvalue weighted by molar-refractivity contribution is 5.76. The van der Waals surface area contributed by atoms with Crippen molar-refractivity contribution in [3.63, 3.8) is 0 Å². The third-order valence-corrected chi connectivity index (χ3v) is 2.73. The number of hydrogen-bond acceptors (Lipinski definition) is 3. The Kier molecular flexibility index (Phi) is 4.59. The fraction of sp³-hybridized carbons (Fsp3) is 0.800. The first-order valence-corrected chi connectivity index (χ1v) is 5.20. The highest BCUT2D eigenvalue weighted by Crippen LogP contribution is 2.23. The maximum Gasteiger partial charge on any atom is 0.231 e. The third kappa shape index (κ3) is 3.46. The number of carbonyl (C=O) groups excluding carboxylic acids is 2. The molecule has 1 aliphatic carbocycles. The van der Waals surface area contributed by atoms with Crippen molar-refractivity contribution in [1.29, 1.82) is 0 Å². The molecule has 4 nitrogen and oxygen atoms in total. The average Bonchev–Trinajstić information content (AvgIpc) is 2.64. The van der Waals surface area contributed by atoms with E-state index in [1.807, 2.05) is 4.90 Å². The third-order valence-electron chi connectivity index (χ3n) is 2.73. The number of hydrogen-bond donors (Lipinski definition) is 1. The van der Waals surface area contributed by atoms with E-state index in [1.165, 1.54) is 12.8 Å². The van der Waals surface area contributed by atoms with E-state index in [4.69, 9.17) is 5.73 Å². The molecule has 0 unspecified atom stereocenters. The van der Waals surface area contributed by atoms with Gasteiger partial charge in [0.1, 0.15) is 6.29 Å². The van der Waals surface area contributed by atoms with E-state index in [0.717, 1.165) is 19.1 Å². The van der Waals surface area contributed by atoms with Crippen molar-refractivity contribution < 1.29 is 9.59 Å². The molecule has 2 N–H and O–H groups in total. The van der Waals surface area contributed by atoms with Gasteiger partial charge in [-0.3, -0.25) is 9.69 Å². The average molecular weight is 198 g/mol. The SMILES string of the molecule is NC(=O)CN(CCC=O)C1CCCC1. The van der Waals surface area contributed by atoms with Gasteiger partial charge in [-0.1, -0.05) is 12.8 Å². The summed E-state index contributed by atoms with van der Waals surface area (Å²) < 4.78 is 0. The van der Waals surface area contributed by atoms with Crippen LogP contribution >= 0.6 is 0 Å². The second-order valence-electron chi connectivity index (χ2n) is 3.83. The number of rotatable bonds is 6. The van der Waals surface area contributed by atoms with Crippen LogP contribution in [-0.4, -0.2) is 36.2 Å². The van der Waals surface area contributed by atoms with Gasteiger partial charge < -0.3 is 10.5 Å². The topological polar surface area (TPSA) is 63.4 Å². The Morgan fingerprint density at radius 2 is 2.07 bits per heavy atom. The van der Waals surface area contributed by atoms with Crippen molar-refractivity contribution in [3.8, 4) is 0 Å². The van der Waals surface area contributed by atoms with Crippen LogP contribution in [0.25, 0.3) is 0 Å². The van der Waals surface area contributed by atoms with Crippen molar-refractivity contribution in [2.75, 3.05) is 13.1 Å². The number of primary amides is 1. The van der Waals surface area contributed by atoms with Crippen molar-refractivity contribution in [2.24, 2.45) is 5.73 Å². The van der Waals surface area contributed by atoms with Crippen LogP contribution in [0, 0.1) is 0 Å². The summed E-state index contributed by atoms with van der Waals surface area (Å²) in [4.78, 5) is 23.1. The van der Waals surface area contributed by atoms with Crippen molar-refractivity contribution >= 4 is 12.2 Å². The highest BCUT2D eigenvalue weighted by Gasteiger charge is 2.22. The Hall–Kier alpha value is -0.900. The molecule has 0 aromatic heterocycles. The highest BCUT2D eigenvalue weighted by atomic mass is 16.1. The van der Waals surface area contributed by atoms with Gasteiger partial charge in [0.15, 0.2) is 0 Å². The number of amides is 1. The molecule has 0 heterocycles. The summed E-state index contributed by atoms with van der Waals surface area (Å²) in [7, 11) is 0. The molecule has 1 amide bonds. The second-order valence-corrected chi connectivity index (χ2v) is 3.83. The van der Waals surface area contributed by atoms with Crippen LogP contribution < -0.4 is 5.73 Å². The predicted molar refractivity (Wildman–Crippen MR) is 53.7 cm³/mol. The Morgan fingerprint density at radius 1 is 1.43 bits per heavy atom. The van der Waals surface area contributed by atoms with Gasteiger partial charge in [0.05, 0.1) is 6.54 Å². The summed E-state index contributed by atoms with van der Waals surface area (Å²) in [6.45, 7) is 0.954. The van der Waals surface area contributed by atoms with Gasteiger partial charge in [-0.15, -0.1) is 0 Å². The standard InChI is InChI=1S/C10H18N2O2/c11-10(14)8-12(6-3-7-13)9-4-1-2-5-9/h7,9H,1-6,8H2,(H2,11,14). The second kappa shape index (κ2) is 5.75. The molecule has 0 aliphatic heterocycles. The van der Waals surface area contributed by atoms with Gasteiger partial charge >= 0.3 is 0 Å². The van der Waals surface area contributed by atoms with Gasteiger partial charge in [-0.2, -0.15) is 0 Å². The first-order chi connectivity index (χ1) is 6.74. The monoisotopic (exact) mass is 198 g/mol. The minimum Gasteiger partial charge on any atom is -0.369 e. The number of nitrogens with zero attached hydrogens (tertiary/aromatic N) is 1. The minimum atomic E-state index is -0.303. The smallest absolute Gasteiger partial charge is 0.231 e. The molecule has 1 fully saturated rings. The van der Waals surface area contributed by atoms with E-state index in [2.05, 4.69) is 0 Å². The Bertz CT molecular complexity index is 200. The van der Waals surface area contributed by atoms with Crippen LogP contribution in [-0.2, 0) is 9.59 Å². The molecule has 0 radical (unpaired) electrons. The Morgan fingerprint density at radius 3 is 2.57 bits per heavy atom. The zero-order chi connectivity index (χ0) is 10.4. The van der Waals surface area contributed by atoms with E-state index in [1.54, 1.807) is 0 Å². The first-order valence-electron chi connectivity index (χ1n) is 5.20. The summed E-state index contributed by atoms with van der Waals surface area (Å²) in [5.41, 5.74) is 5.16. The van der Waals surface area contributed by atoms with Crippen LogP contribution in [0.5, 0.6) is 0 Å². The summed E-state index contributed by atoms with van der Waals surface area (Å²) in [5.74, 6) is -0.303. The van der Waals surface area contributed by atoms with Crippen LogP contribution in [0.4, 0.5) is 0 Å². The molecule has 1 saturated carbocycles. The predicted octanol–water partition coefficient (Wildman–Crippen LogP) is 0.305. The molecule has 0 spiro atoms. The lowest BCUT2D eigenvalue weighted by Gasteiger charge is -2.26. The van der Waals surface area contributed by atoms with E-state index < -0.39 is 0 Å². The normalized spacial score (nSPS) is 17.5. The molecule has 14 heavy (non-hydrogen) atoms. The van der Waals surface area contributed by atoms with E-state index in [-0.39, 0.29) is 5.91 Å². The van der Waals surface area contributed by atoms with Crippen LogP contribution in [0.1, 0.15) is 32.1 Å². The maximum absolute atomic E-state index is 10.8. The molecule has 1 rings (SSSR count). The van der Waals surface area contributed by atoms with Gasteiger partial charge in [-0.05, 0) is 12.8 Å².